The van der Waals surface area contributed by atoms with Gasteiger partial charge in [-0.25, -0.2) is 4.39 Å². The third-order valence-electron chi connectivity index (χ3n) is 1.77. The van der Waals surface area contributed by atoms with E-state index in [1.807, 2.05) is 0 Å². The van der Waals surface area contributed by atoms with E-state index in [2.05, 4.69) is 9.98 Å². The van der Waals surface area contributed by atoms with E-state index in [-0.39, 0.29) is 11.9 Å². The maximum absolute atomic E-state index is 13.2. The van der Waals surface area contributed by atoms with Crippen molar-refractivity contribution in [2.75, 3.05) is 5.75 Å². The highest BCUT2D eigenvalue weighted by Gasteiger charge is 2.21. The molecule has 5 heteroatoms. The molecule has 1 aliphatic heterocycles. The average molecular weight is 197 g/mol. The van der Waals surface area contributed by atoms with Gasteiger partial charge >= 0.3 is 0 Å². The van der Waals surface area contributed by atoms with Crippen molar-refractivity contribution in [2.45, 2.75) is 6.04 Å². The summed E-state index contributed by atoms with van der Waals surface area (Å²) in [6, 6.07) is 2.73. The molecule has 13 heavy (non-hydrogen) atoms. The van der Waals surface area contributed by atoms with Crippen LogP contribution < -0.4 is 5.73 Å². The standard InChI is InChI=1S/C8H8FN3S/c9-5-2-1-3-11-7(5)6-4-13-8(10)12-6/h1-3,6H,4H2,(H2,10,12). The lowest BCUT2D eigenvalue weighted by molar-refractivity contribution is 0.583. The van der Waals surface area contributed by atoms with Crippen LogP contribution in [-0.2, 0) is 0 Å². The first-order valence-electron chi connectivity index (χ1n) is 3.84. The Balaban J connectivity index is 2.31. The highest BCUT2D eigenvalue weighted by Crippen LogP contribution is 2.28. The summed E-state index contributed by atoms with van der Waals surface area (Å²) in [6.07, 6.45) is 1.56. The second kappa shape index (κ2) is 3.33. The number of hydrogen-bond donors (Lipinski definition) is 1. The first kappa shape index (κ1) is 8.50. The molecule has 0 amide bonds. The van der Waals surface area contributed by atoms with Crippen molar-refractivity contribution in [1.29, 1.82) is 0 Å². The van der Waals surface area contributed by atoms with Gasteiger partial charge in [0.2, 0.25) is 0 Å². The zero-order chi connectivity index (χ0) is 9.26. The van der Waals surface area contributed by atoms with E-state index >= 15 is 0 Å². The third kappa shape index (κ3) is 1.65. The molecule has 1 aromatic heterocycles. The fraction of sp³-hybridized carbons (Fsp3) is 0.250. The van der Waals surface area contributed by atoms with Crippen molar-refractivity contribution in [3.8, 4) is 0 Å². The first-order chi connectivity index (χ1) is 6.27. The van der Waals surface area contributed by atoms with Crippen LogP contribution in [0.5, 0.6) is 0 Å². The number of amidine groups is 1. The van der Waals surface area contributed by atoms with Gasteiger partial charge in [0, 0.05) is 11.9 Å². The summed E-state index contributed by atoms with van der Waals surface area (Å²) in [4.78, 5) is 8.02. The predicted molar refractivity (Wildman–Crippen MR) is 51.0 cm³/mol. The molecule has 3 nitrogen and oxygen atoms in total. The SMILES string of the molecule is NC1=NC(c2ncccc2F)CS1. The molecular weight excluding hydrogens is 189 g/mol. The molecule has 1 atom stereocenters. The zero-order valence-corrected chi connectivity index (χ0v) is 7.59. The lowest BCUT2D eigenvalue weighted by Crippen LogP contribution is -2.02. The quantitative estimate of drug-likeness (QED) is 0.738. The van der Waals surface area contributed by atoms with Gasteiger partial charge < -0.3 is 5.73 Å². The number of aliphatic imine (C=N–C) groups is 1. The van der Waals surface area contributed by atoms with E-state index < -0.39 is 0 Å². The van der Waals surface area contributed by atoms with Crippen LogP contribution in [0.2, 0.25) is 0 Å². The Morgan fingerprint density at radius 2 is 2.46 bits per heavy atom. The summed E-state index contributed by atoms with van der Waals surface area (Å²) >= 11 is 1.43. The van der Waals surface area contributed by atoms with E-state index in [1.54, 1.807) is 12.3 Å². The van der Waals surface area contributed by atoms with Crippen molar-refractivity contribution in [1.82, 2.24) is 4.98 Å². The van der Waals surface area contributed by atoms with Crippen LogP contribution in [0.4, 0.5) is 4.39 Å². The Morgan fingerprint density at radius 1 is 1.62 bits per heavy atom. The number of aromatic nitrogens is 1. The Morgan fingerprint density at radius 3 is 3.08 bits per heavy atom. The van der Waals surface area contributed by atoms with Crippen molar-refractivity contribution in [3.63, 3.8) is 0 Å². The number of thioether (sulfide) groups is 1. The van der Waals surface area contributed by atoms with E-state index in [0.717, 1.165) is 0 Å². The topological polar surface area (TPSA) is 51.3 Å². The second-order valence-corrected chi connectivity index (χ2v) is 3.70. The Bertz CT molecular complexity index is 353. The lowest BCUT2D eigenvalue weighted by Gasteiger charge is -2.04. The molecule has 0 saturated carbocycles. The van der Waals surface area contributed by atoms with Crippen LogP contribution in [0.1, 0.15) is 11.7 Å². The number of halogens is 1. The summed E-state index contributed by atoms with van der Waals surface area (Å²) in [6.45, 7) is 0. The summed E-state index contributed by atoms with van der Waals surface area (Å²) < 4.78 is 13.2. The van der Waals surface area contributed by atoms with E-state index in [4.69, 9.17) is 5.73 Å². The van der Waals surface area contributed by atoms with Gasteiger partial charge in [-0.3, -0.25) is 9.98 Å². The van der Waals surface area contributed by atoms with E-state index in [0.29, 0.717) is 16.6 Å². The molecule has 0 aromatic carbocycles. The summed E-state index contributed by atoms with van der Waals surface area (Å²) in [7, 11) is 0. The minimum Gasteiger partial charge on any atom is -0.379 e. The zero-order valence-electron chi connectivity index (χ0n) is 6.77. The normalized spacial score (nSPS) is 21.6. The molecule has 2 N–H and O–H groups in total. The maximum Gasteiger partial charge on any atom is 0.154 e. The van der Waals surface area contributed by atoms with Crippen LogP contribution in [0.25, 0.3) is 0 Å². The number of rotatable bonds is 1. The monoisotopic (exact) mass is 197 g/mol. The fourth-order valence-electron chi connectivity index (χ4n) is 1.18. The van der Waals surface area contributed by atoms with Gasteiger partial charge in [-0.05, 0) is 12.1 Å². The fourth-order valence-corrected chi connectivity index (χ4v) is 1.94. The molecule has 0 saturated heterocycles. The minimum absolute atomic E-state index is 0.216. The van der Waals surface area contributed by atoms with Gasteiger partial charge in [-0.1, -0.05) is 11.8 Å². The molecule has 68 valence electrons. The molecule has 1 aliphatic rings. The second-order valence-electron chi connectivity index (χ2n) is 2.66. The van der Waals surface area contributed by atoms with Gasteiger partial charge in [0.25, 0.3) is 0 Å². The van der Waals surface area contributed by atoms with Gasteiger partial charge in [-0.15, -0.1) is 0 Å². The number of pyridine rings is 1. The summed E-state index contributed by atoms with van der Waals surface area (Å²) in [5, 5.41) is 0.509. The largest absolute Gasteiger partial charge is 0.379 e. The highest BCUT2D eigenvalue weighted by atomic mass is 32.2. The molecule has 2 heterocycles. The highest BCUT2D eigenvalue weighted by molar-refractivity contribution is 8.14. The first-order valence-corrected chi connectivity index (χ1v) is 4.82. The summed E-state index contributed by atoms with van der Waals surface area (Å²) in [5.74, 6) is 0.367. The molecular formula is C8H8FN3S. The van der Waals surface area contributed by atoms with Gasteiger partial charge in [0.15, 0.2) is 5.17 Å². The number of nitrogens with zero attached hydrogens (tertiary/aromatic N) is 2. The predicted octanol–water partition coefficient (Wildman–Crippen LogP) is 1.32. The van der Waals surface area contributed by atoms with Crippen LogP contribution in [0.15, 0.2) is 23.3 Å². The molecule has 1 aromatic rings. The Kier molecular flexibility index (Phi) is 2.18. The summed E-state index contributed by atoms with van der Waals surface area (Å²) in [5.41, 5.74) is 5.86. The van der Waals surface area contributed by atoms with Gasteiger partial charge in [0.05, 0.1) is 0 Å². The molecule has 0 fully saturated rings. The lowest BCUT2D eigenvalue weighted by atomic mass is 10.2. The van der Waals surface area contributed by atoms with E-state index in [1.165, 1.54) is 17.8 Å². The number of hydrogen-bond acceptors (Lipinski definition) is 4. The Labute approximate surface area is 79.3 Å². The van der Waals surface area contributed by atoms with Crippen molar-refractivity contribution in [2.24, 2.45) is 10.7 Å². The molecule has 0 aliphatic carbocycles. The van der Waals surface area contributed by atoms with Gasteiger partial charge in [0.1, 0.15) is 17.6 Å². The van der Waals surface area contributed by atoms with Crippen LogP contribution in [-0.4, -0.2) is 15.9 Å². The number of nitrogens with two attached hydrogens (primary N) is 1. The maximum atomic E-state index is 13.2. The molecule has 2 rings (SSSR count). The van der Waals surface area contributed by atoms with Crippen LogP contribution >= 0.6 is 11.8 Å². The smallest absolute Gasteiger partial charge is 0.154 e. The van der Waals surface area contributed by atoms with E-state index in [9.17, 15) is 4.39 Å². The molecule has 0 radical (unpaired) electrons. The van der Waals surface area contributed by atoms with Crippen LogP contribution in [0, 0.1) is 5.82 Å². The average Bonchev–Trinajstić information content (AvgIpc) is 2.53. The van der Waals surface area contributed by atoms with Gasteiger partial charge in [-0.2, -0.15) is 0 Å². The van der Waals surface area contributed by atoms with Crippen molar-refractivity contribution >= 4 is 16.9 Å². The minimum atomic E-state index is -0.313. The molecule has 0 spiro atoms. The van der Waals surface area contributed by atoms with Crippen LogP contribution in [0.3, 0.4) is 0 Å². The van der Waals surface area contributed by atoms with Crippen molar-refractivity contribution < 1.29 is 4.39 Å². The van der Waals surface area contributed by atoms with Crippen molar-refractivity contribution in [3.05, 3.63) is 29.8 Å². The third-order valence-corrected chi connectivity index (χ3v) is 2.66. The molecule has 1 unspecified atom stereocenters. The molecule has 0 bridgehead atoms. The Hall–Kier alpha value is -1.10.